The van der Waals surface area contributed by atoms with Crippen LogP contribution in [0.3, 0.4) is 0 Å². The highest BCUT2D eigenvalue weighted by atomic mass is 32.2. The van der Waals surface area contributed by atoms with Crippen LogP contribution < -0.4 is 5.32 Å². The largest absolute Gasteiger partial charge is 0.449 e. The fraction of sp³-hybridized carbons (Fsp3) is 0.350. The van der Waals surface area contributed by atoms with Gasteiger partial charge in [-0.3, -0.25) is 0 Å². The van der Waals surface area contributed by atoms with Crippen molar-refractivity contribution < 1.29 is 23.1 Å². The molecule has 1 unspecified atom stereocenters. The number of carbonyl (C=O) groups excluding carboxylic acids is 1. The second-order valence-corrected chi connectivity index (χ2v) is 9.43. The fourth-order valence-electron chi connectivity index (χ4n) is 3.92. The van der Waals surface area contributed by atoms with Gasteiger partial charge in [-0.2, -0.15) is 0 Å². The molecule has 1 fully saturated rings. The van der Waals surface area contributed by atoms with E-state index in [0.29, 0.717) is 0 Å². The van der Waals surface area contributed by atoms with Gasteiger partial charge < -0.3 is 15.2 Å². The summed E-state index contributed by atoms with van der Waals surface area (Å²) in [6.45, 7) is 0.0412. The number of benzene rings is 2. The van der Waals surface area contributed by atoms with E-state index in [4.69, 9.17) is 4.74 Å². The molecule has 1 heterocycles. The molecular formula is C20H21NO5S. The third-order valence-electron chi connectivity index (χ3n) is 5.27. The van der Waals surface area contributed by atoms with Crippen LogP contribution in [0.1, 0.15) is 23.5 Å². The number of fused-ring (bicyclic) bond motifs is 3. The molecule has 1 saturated heterocycles. The van der Waals surface area contributed by atoms with E-state index in [-0.39, 0.29) is 37.0 Å². The number of nitrogens with one attached hydrogen (secondary N) is 1. The maximum absolute atomic E-state index is 12.1. The molecule has 1 amide bonds. The molecule has 1 aliphatic heterocycles. The van der Waals surface area contributed by atoms with Gasteiger partial charge in [0.05, 0.1) is 23.7 Å². The van der Waals surface area contributed by atoms with Crippen LogP contribution in [0.5, 0.6) is 0 Å². The summed E-state index contributed by atoms with van der Waals surface area (Å²) >= 11 is 0. The molecule has 0 aromatic heterocycles. The minimum absolute atomic E-state index is 0.0434. The summed E-state index contributed by atoms with van der Waals surface area (Å²) in [7, 11) is -3.24. The molecule has 1 aliphatic carbocycles. The Kier molecular flexibility index (Phi) is 4.44. The van der Waals surface area contributed by atoms with Crippen LogP contribution in [0.15, 0.2) is 48.5 Å². The van der Waals surface area contributed by atoms with E-state index in [9.17, 15) is 18.3 Å². The van der Waals surface area contributed by atoms with Crippen LogP contribution in [-0.2, 0) is 14.6 Å². The first-order valence-corrected chi connectivity index (χ1v) is 10.7. The molecule has 2 aromatic rings. The standard InChI is InChI=1S/C20H21NO5S/c22-19(21-12-20(23)9-10-27(24,25)13-20)26-11-18-16-7-3-1-5-14(16)15-6-2-4-8-17(15)18/h1-8,18,23H,9-13H2,(H,21,22). The normalized spacial score (nSPS) is 22.9. The molecule has 0 spiro atoms. The average Bonchev–Trinajstić information content (AvgIpc) is 3.12. The molecule has 142 valence electrons. The summed E-state index contributed by atoms with van der Waals surface area (Å²) in [5.74, 6) is -0.433. The van der Waals surface area contributed by atoms with Crippen LogP contribution in [-0.4, -0.2) is 49.9 Å². The van der Waals surface area contributed by atoms with Crippen LogP contribution in [0.4, 0.5) is 4.79 Å². The first-order chi connectivity index (χ1) is 12.9. The Morgan fingerprint density at radius 1 is 1.11 bits per heavy atom. The van der Waals surface area contributed by atoms with Crippen molar-refractivity contribution in [1.29, 1.82) is 0 Å². The second kappa shape index (κ2) is 6.65. The summed E-state index contributed by atoms with van der Waals surface area (Å²) in [6, 6.07) is 16.1. The van der Waals surface area contributed by atoms with Crippen molar-refractivity contribution in [3.63, 3.8) is 0 Å². The number of amides is 1. The van der Waals surface area contributed by atoms with Crippen molar-refractivity contribution in [3.8, 4) is 11.1 Å². The molecule has 2 aromatic carbocycles. The third-order valence-corrected chi connectivity index (χ3v) is 7.08. The topological polar surface area (TPSA) is 92.7 Å². The Morgan fingerprint density at radius 2 is 1.70 bits per heavy atom. The van der Waals surface area contributed by atoms with Crippen molar-refractivity contribution in [2.45, 2.75) is 17.9 Å². The van der Waals surface area contributed by atoms with E-state index in [1.807, 2.05) is 36.4 Å². The number of ether oxygens (including phenoxy) is 1. The molecule has 2 aliphatic rings. The number of hydrogen-bond donors (Lipinski definition) is 2. The van der Waals surface area contributed by atoms with Gasteiger partial charge in [0.15, 0.2) is 9.84 Å². The van der Waals surface area contributed by atoms with Crippen molar-refractivity contribution in [2.75, 3.05) is 24.7 Å². The predicted molar refractivity (Wildman–Crippen MR) is 101 cm³/mol. The van der Waals surface area contributed by atoms with E-state index in [1.54, 1.807) is 0 Å². The zero-order valence-corrected chi connectivity index (χ0v) is 15.5. The second-order valence-electron chi connectivity index (χ2n) is 7.25. The summed E-state index contributed by atoms with van der Waals surface area (Å²) in [6.07, 6.45) is -0.534. The molecule has 0 saturated carbocycles. The highest BCUT2D eigenvalue weighted by Gasteiger charge is 2.41. The lowest BCUT2D eigenvalue weighted by molar-refractivity contribution is 0.0628. The zero-order chi connectivity index (χ0) is 19.1. The van der Waals surface area contributed by atoms with Crippen molar-refractivity contribution in [2.24, 2.45) is 0 Å². The van der Waals surface area contributed by atoms with Gasteiger partial charge in [0.1, 0.15) is 6.61 Å². The fourth-order valence-corrected chi connectivity index (χ4v) is 5.83. The molecule has 0 bridgehead atoms. The van der Waals surface area contributed by atoms with E-state index in [1.165, 1.54) is 0 Å². The lowest BCUT2D eigenvalue weighted by Crippen LogP contribution is -2.44. The SMILES string of the molecule is O=C(NCC1(O)CCS(=O)(=O)C1)OCC1c2ccccc2-c2ccccc21. The predicted octanol–water partition coefficient (Wildman–Crippen LogP) is 2.07. The summed E-state index contributed by atoms with van der Waals surface area (Å²) in [5.41, 5.74) is 3.11. The Hall–Kier alpha value is -2.38. The highest BCUT2D eigenvalue weighted by Crippen LogP contribution is 2.44. The van der Waals surface area contributed by atoms with Crippen LogP contribution in [0.25, 0.3) is 11.1 Å². The molecule has 2 N–H and O–H groups in total. The number of aliphatic hydroxyl groups is 1. The van der Waals surface area contributed by atoms with E-state index < -0.39 is 21.5 Å². The van der Waals surface area contributed by atoms with E-state index >= 15 is 0 Å². The quantitative estimate of drug-likeness (QED) is 0.838. The van der Waals surface area contributed by atoms with Crippen LogP contribution in [0, 0.1) is 0 Å². The van der Waals surface area contributed by atoms with E-state index in [0.717, 1.165) is 22.3 Å². The Balaban J connectivity index is 1.40. The van der Waals surface area contributed by atoms with Gasteiger partial charge in [0.25, 0.3) is 0 Å². The first-order valence-electron chi connectivity index (χ1n) is 8.89. The zero-order valence-electron chi connectivity index (χ0n) is 14.7. The maximum atomic E-state index is 12.1. The molecule has 4 rings (SSSR count). The van der Waals surface area contributed by atoms with Gasteiger partial charge in [0.2, 0.25) is 0 Å². The van der Waals surface area contributed by atoms with E-state index in [2.05, 4.69) is 17.4 Å². The van der Waals surface area contributed by atoms with Gasteiger partial charge in [0, 0.05) is 5.92 Å². The Bertz CT molecular complexity index is 942. The highest BCUT2D eigenvalue weighted by molar-refractivity contribution is 7.91. The molecule has 1 atom stereocenters. The van der Waals surface area contributed by atoms with Gasteiger partial charge in [-0.05, 0) is 28.7 Å². The van der Waals surface area contributed by atoms with Gasteiger partial charge >= 0.3 is 6.09 Å². The maximum Gasteiger partial charge on any atom is 0.407 e. The number of sulfone groups is 1. The average molecular weight is 387 g/mol. The lowest BCUT2D eigenvalue weighted by atomic mass is 9.98. The summed E-state index contributed by atoms with van der Waals surface area (Å²) < 4.78 is 28.4. The number of alkyl carbamates (subject to hydrolysis) is 1. The van der Waals surface area contributed by atoms with Crippen molar-refractivity contribution >= 4 is 15.9 Å². The number of rotatable bonds is 4. The van der Waals surface area contributed by atoms with Gasteiger partial charge in [-0.1, -0.05) is 48.5 Å². The minimum atomic E-state index is -3.24. The van der Waals surface area contributed by atoms with Gasteiger partial charge in [-0.15, -0.1) is 0 Å². The molecule has 0 radical (unpaired) electrons. The third kappa shape index (κ3) is 3.57. The summed E-state index contributed by atoms with van der Waals surface area (Å²) in [4.78, 5) is 12.1. The molecule has 6 nitrogen and oxygen atoms in total. The number of hydrogen-bond acceptors (Lipinski definition) is 5. The van der Waals surface area contributed by atoms with Crippen molar-refractivity contribution in [1.82, 2.24) is 5.32 Å². The summed E-state index contributed by atoms with van der Waals surface area (Å²) in [5, 5.41) is 12.8. The molecule has 7 heteroatoms. The Labute approximate surface area is 158 Å². The van der Waals surface area contributed by atoms with Crippen LogP contribution >= 0.6 is 0 Å². The molecular weight excluding hydrogens is 366 g/mol. The van der Waals surface area contributed by atoms with Crippen LogP contribution in [0.2, 0.25) is 0 Å². The minimum Gasteiger partial charge on any atom is -0.449 e. The Morgan fingerprint density at radius 3 is 2.26 bits per heavy atom. The number of carbonyl (C=O) groups is 1. The first kappa shape index (κ1) is 18.0. The van der Waals surface area contributed by atoms with Gasteiger partial charge in [-0.25, -0.2) is 13.2 Å². The molecule has 27 heavy (non-hydrogen) atoms. The monoisotopic (exact) mass is 387 g/mol. The van der Waals surface area contributed by atoms with Crippen molar-refractivity contribution in [3.05, 3.63) is 59.7 Å². The smallest absolute Gasteiger partial charge is 0.407 e. The lowest BCUT2D eigenvalue weighted by Gasteiger charge is -2.21.